The summed E-state index contributed by atoms with van der Waals surface area (Å²) in [6.07, 6.45) is 0.267. The number of anilines is 1. The number of nitrogens with zero attached hydrogens (tertiary/aromatic N) is 2. The molecule has 1 heterocycles. The molecule has 2 aromatic carbocycles. The van der Waals surface area contributed by atoms with E-state index in [0.29, 0.717) is 0 Å². The van der Waals surface area contributed by atoms with Gasteiger partial charge in [-0.15, -0.1) is 11.3 Å². The summed E-state index contributed by atoms with van der Waals surface area (Å²) < 4.78 is 13.1. The van der Waals surface area contributed by atoms with Crippen molar-refractivity contribution in [3.8, 4) is 11.3 Å². The van der Waals surface area contributed by atoms with Gasteiger partial charge in [-0.1, -0.05) is 18.2 Å². The number of amides is 1. The molecule has 0 bridgehead atoms. The molecule has 1 amide bonds. The molecule has 0 aliphatic rings. The largest absolute Gasteiger partial charge is 0.315 e. The summed E-state index contributed by atoms with van der Waals surface area (Å²) in [6, 6.07) is 15.7. The minimum absolute atomic E-state index is 0.00629. The Morgan fingerprint density at radius 2 is 1.79 bits per heavy atom. The van der Waals surface area contributed by atoms with Crippen molar-refractivity contribution in [3.63, 3.8) is 0 Å². The van der Waals surface area contributed by atoms with Crippen molar-refractivity contribution in [2.75, 3.05) is 11.9 Å². The van der Waals surface area contributed by atoms with Gasteiger partial charge in [-0.3, -0.25) is 4.79 Å². The third kappa shape index (κ3) is 3.51. The molecule has 0 N–H and O–H groups in total. The minimum Gasteiger partial charge on any atom is -0.315 e. The highest BCUT2D eigenvalue weighted by atomic mass is 32.1. The predicted molar refractivity (Wildman–Crippen MR) is 95.8 cm³/mol. The first-order valence-electron chi connectivity index (χ1n) is 7.58. The normalized spacial score (nSPS) is 10.6. The third-order valence-electron chi connectivity index (χ3n) is 3.75. The minimum atomic E-state index is -0.285. The summed E-state index contributed by atoms with van der Waals surface area (Å²) in [7, 11) is 1.77. The van der Waals surface area contributed by atoms with Gasteiger partial charge in [-0.05, 0) is 43.3 Å². The molecule has 3 nitrogen and oxygen atoms in total. The molecule has 0 saturated heterocycles. The summed E-state index contributed by atoms with van der Waals surface area (Å²) in [6.45, 7) is 1.91. The van der Waals surface area contributed by atoms with Crippen LogP contribution in [0.3, 0.4) is 0 Å². The number of carbonyl (C=O) groups is 1. The number of likely N-dealkylation sites (N-methyl/N-ethyl adjacent to an activating group) is 1. The number of para-hydroxylation sites is 1. The van der Waals surface area contributed by atoms with Crippen LogP contribution in [0, 0.1) is 12.7 Å². The van der Waals surface area contributed by atoms with E-state index in [2.05, 4.69) is 4.98 Å². The summed E-state index contributed by atoms with van der Waals surface area (Å²) in [5.74, 6) is -0.291. The first-order valence-corrected chi connectivity index (χ1v) is 8.40. The van der Waals surface area contributed by atoms with Gasteiger partial charge >= 0.3 is 0 Å². The van der Waals surface area contributed by atoms with Crippen molar-refractivity contribution < 1.29 is 9.18 Å². The average molecular weight is 340 g/mol. The number of benzene rings is 2. The van der Waals surface area contributed by atoms with Gasteiger partial charge in [0.2, 0.25) is 5.91 Å². The van der Waals surface area contributed by atoms with Crippen LogP contribution < -0.4 is 4.90 Å². The summed E-state index contributed by atoms with van der Waals surface area (Å²) in [5.41, 5.74) is 2.44. The molecule has 0 aliphatic heterocycles. The van der Waals surface area contributed by atoms with E-state index in [1.165, 1.54) is 23.5 Å². The van der Waals surface area contributed by atoms with Gasteiger partial charge in [0, 0.05) is 23.2 Å². The zero-order valence-electron chi connectivity index (χ0n) is 13.5. The van der Waals surface area contributed by atoms with Crippen LogP contribution in [0.5, 0.6) is 0 Å². The number of aromatic nitrogens is 1. The van der Waals surface area contributed by atoms with Crippen LogP contribution in [-0.4, -0.2) is 17.9 Å². The first kappa shape index (κ1) is 16.3. The van der Waals surface area contributed by atoms with E-state index >= 15 is 0 Å². The zero-order valence-corrected chi connectivity index (χ0v) is 14.3. The number of hydrogen-bond donors (Lipinski definition) is 0. The highest BCUT2D eigenvalue weighted by molar-refractivity contribution is 7.12. The summed E-state index contributed by atoms with van der Waals surface area (Å²) >= 11 is 1.50. The molecule has 122 valence electrons. The third-order valence-corrected chi connectivity index (χ3v) is 4.72. The van der Waals surface area contributed by atoms with Crippen molar-refractivity contribution in [1.29, 1.82) is 0 Å². The second kappa shape index (κ2) is 6.93. The van der Waals surface area contributed by atoms with E-state index in [1.807, 2.05) is 37.3 Å². The van der Waals surface area contributed by atoms with Crippen molar-refractivity contribution in [2.45, 2.75) is 13.3 Å². The Morgan fingerprint density at radius 1 is 1.12 bits per heavy atom. The van der Waals surface area contributed by atoms with Crippen molar-refractivity contribution in [1.82, 2.24) is 4.98 Å². The molecule has 3 aromatic rings. The van der Waals surface area contributed by atoms with Crippen LogP contribution in [0.15, 0.2) is 54.6 Å². The Hall–Kier alpha value is -2.53. The topological polar surface area (TPSA) is 33.2 Å². The fourth-order valence-corrected chi connectivity index (χ4v) is 3.42. The number of aryl methyl sites for hydroxylation is 1. The fourth-order valence-electron chi connectivity index (χ4n) is 2.47. The number of halogens is 1. The molecule has 0 atom stereocenters. The van der Waals surface area contributed by atoms with E-state index in [9.17, 15) is 9.18 Å². The number of carbonyl (C=O) groups excluding carboxylic acids is 1. The fraction of sp³-hybridized carbons (Fsp3) is 0.158. The molecule has 3 rings (SSSR count). The van der Waals surface area contributed by atoms with Gasteiger partial charge in [-0.25, -0.2) is 9.37 Å². The second-order valence-electron chi connectivity index (χ2n) is 5.48. The Labute approximate surface area is 144 Å². The van der Waals surface area contributed by atoms with Crippen LogP contribution >= 0.6 is 11.3 Å². The van der Waals surface area contributed by atoms with Crippen LogP contribution in [0.4, 0.5) is 10.1 Å². The van der Waals surface area contributed by atoms with E-state index in [0.717, 1.165) is 26.8 Å². The standard InChI is InChI=1S/C19H17FN2OS/c1-13-21-19(14-8-10-15(20)11-9-14)17(24-13)12-18(23)22(2)16-6-4-3-5-7-16/h3-11H,12H2,1-2H3. The van der Waals surface area contributed by atoms with Crippen LogP contribution in [0.2, 0.25) is 0 Å². The van der Waals surface area contributed by atoms with E-state index in [-0.39, 0.29) is 18.1 Å². The quantitative estimate of drug-likeness (QED) is 0.702. The van der Waals surface area contributed by atoms with Crippen molar-refractivity contribution in [2.24, 2.45) is 0 Å². The van der Waals surface area contributed by atoms with Crippen LogP contribution in [0.1, 0.15) is 9.88 Å². The number of hydrogen-bond acceptors (Lipinski definition) is 3. The Morgan fingerprint density at radius 3 is 2.46 bits per heavy atom. The van der Waals surface area contributed by atoms with Crippen molar-refractivity contribution >= 4 is 22.9 Å². The summed E-state index contributed by atoms with van der Waals surface area (Å²) in [4.78, 5) is 19.7. The molecular weight excluding hydrogens is 323 g/mol. The summed E-state index contributed by atoms with van der Waals surface area (Å²) in [5, 5.41) is 0.888. The molecule has 0 aliphatic carbocycles. The SMILES string of the molecule is Cc1nc(-c2ccc(F)cc2)c(CC(=O)N(C)c2ccccc2)s1. The molecule has 5 heteroatoms. The maximum absolute atomic E-state index is 13.1. The number of thiazole rings is 1. The van der Waals surface area contributed by atoms with Gasteiger partial charge in [0.25, 0.3) is 0 Å². The average Bonchev–Trinajstić information content (AvgIpc) is 2.96. The Balaban J connectivity index is 1.85. The smallest absolute Gasteiger partial charge is 0.232 e. The van der Waals surface area contributed by atoms with E-state index < -0.39 is 0 Å². The van der Waals surface area contributed by atoms with Crippen LogP contribution in [0.25, 0.3) is 11.3 Å². The molecule has 0 spiro atoms. The van der Waals surface area contributed by atoms with E-state index in [1.54, 1.807) is 24.1 Å². The lowest BCUT2D eigenvalue weighted by molar-refractivity contribution is -0.117. The molecule has 24 heavy (non-hydrogen) atoms. The Kier molecular flexibility index (Phi) is 4.71. The lowest BCUT2D eigenvalue weighted by Gasteiger charge is -2.17. The maximum atomic E-state index is 13.1. The van der Waals surface area contributed by atoms with Crippen LogP contribution in [-0.2, 0) is 11.2 Å². The van der Waals surface area contributed by atoms with Gasteiger partial charge in [0.15, 0.2) is 0 Å². The second-order valence-corrected chi connectivity index (χ2v) is 6.76. The molecule has 1 aromatic heterocycles. The predicted octanol–water partition coefficient (Wildman–Crippen LogP) is 4.46. The zero-order chi connectivity index (χ0) is 17.1. The Bertz CT molecular complexity index is 844. The van der Waals surface area contributed by atoms with Gasteiger partial charge in [-0.2, -0.15) is 0 Å². The van der Waals surface area contributed by atoms with Gasteiger partial charge in [0.05, 0.1) is 17.1 Å². The van der Waals surface area contributed by atoms with Gasteiger partial charge < -0.3 is 4.90 Å². The van der Waals surface area contributed by atoms with Gasteiger partial charge in [0.1, 0.15) is 5.82 Å². The monoisotopic (exact) mass is 340 g/mol. The molecule has 0 saturated carbocycles. The molecular formula is C19H17FN2OS. The molecule has 0 unspecified atom stereocenters. The lowest BCUT2D eigenvalue weighted by Crippen LogP contribution is -2.27. The van der Waals surface area contributed by atoms with E-state index in [4.69, 9.17) is 0 Å². The highest BCUT2D eigenvalue weighted by Crippen LogP contribution is 2.29. The highest BCUT2D eigenvalue weighted by Gasteiger charge is 2.18. The lowest BCUT2D eigenvalue weighted by atomic mass is 10.1. The van der Waals surface area contributed by atoms with Crippen molar-refractivity contribution in [3.05, 3.63) is 70.3 Å². The number of rotatable bonds is 4. The maximum Gasteiger partial charge on any atom is 0.232 e. The molecule has 0 fully saturated rings. The first-order chi connectivity index (χ1) is 11.5. The molecule has 0 radical (unpaired) electrons.